The number of allylic oxidation sites excluding steroid dienone is 2. The Hall–Kier alpha value is -1.76. The molecule has 1 heterocycles. The van der Waals surface area contributed by atoms with Crippen LogP contribution in [-0.4, -0.2) is 98.5 Å². The Labute approximate surface area is 169 Å². The quantitative estimate of drug-likeness (QED) is 0.123. The van der Waals surface area contributed by atoms with Gasteiger partial charge in [0.05, 0.1) is 13.2 Å². The molecule has 1 saturated heterocycles. The fourth-order valence-corrected chi connectivity index (χ4v) is 2.38. The van der Waals surface area contributed by atoms with Gasteiger partial charge < -0.3 is 45.2 Å². The first-order valence-corrected chi connectivity index (χ1v) is 9.14. The Morgan fingerprint density at radius 3 is 2.41 bits per heavy atom. The number of hydrogen-bond donors (Lipinski definition) is 7. The molecule has 0 unspecified atom stereocenters. The standard InChI is InChI=1S/C20H28O9/c21-11-7-3-1-2-5-9-14(24)15(10-6-4-8-12-22)28-20-19(27)18(26)17(25)16(13-23)29-20/h3,6-7,10,14-27H,4,8,11-13H2/b7-3+,10-6+/t14-,15-,16+,17+,18-,19+,20+/m0/s1. The molecule has 0 spiro atoms. The molecule has 0 amide bonds. The van der Waals surface area contributed by atoms with Gasteiger partial charge in [-0.1, -0.05) is 30.1 Å². The minimum Gasteiger partial charge on any atom is -0.396 e. The summed E-state index contributed by atoms with van der Waals surface area (Å²) in [5.74, 6) is 9.88. The van der Waals surface area contributed by atoms with Crippen LogP contribution in [0.4, 0.5) is 0 Å². The van der Waals surface area contributed by atoms with Crippen LogP contribution in [0, 0.1) is 23.7 Å². The number of ether oxygens (including phenoxy) is 2. The zero-order valence-corrected chi connectivity index (χ0v) is 15.8. The number of aliphatic hydroxyl groups excluding tert-OH is 7. The van der Waals surface area contributed by atoms with Crippen molar-refractivity contribution in [2.75, 3.05) is 19.8 Å². The van der Waals surface area contributed by atoms with Crippen LogP contribution in [0.1, 0.15) is 12.8 Å². The normalized spacial score (nSPS) is 29.1. The molecule has 1 rings (SSSR count). The van der Waals surface area contributed by atoms with Crippen molar-refractivity contribution < 1.29 is 45.2 Å². The Morgan fingerprint density at radius 1 is 1.00 bits per heavy atom. The molecule has 7 N–H and O–H groups in total. The minimum atomic E-state index is -1.62. The van der Waals surface area contributed by atoms with Gasteiger partial charge in [-0.3, -0.25) is 0 Å². The van der Waals surface area contributed by atoms with Crippen LogP contribution in [0.2, 0.25) is 0 Å². The summed E-state index contributed by atoms with van der Waals surface area (Å²) in [7, 11) is 0. The summed E-state index contributed by atoms with van der Waals surface area (Å²) >= 11 is 0. The molecule has 162 valence electrons. The van der Waals surface area contributed by atoms with Crippen molar-refractivity contribution in [3.05, 3.63) is 24.3 Å². The maximum atomic E-state index is 10.3. The predicted molar refractivity (Wildman–Crippen MR) is 102 cm³/mol. The zero-order valence-electron chi connectivity index (χ0n) is 15.8. The van der Waals surface area contributed by atoms with E-state index in [1.54, 1.807) is 6.08 Å². The van der Waals surface area contributed by atoms with Crippen molar-refractivity contribution in [2.24, 2.45) is 0 Å². The van der Waals surface area contributed by atoms with E-state index in [0.717, 1.165) is 0 Å². The maximum Gasteiger partial charge on any atom is 0.187 e. The maximum absolute atomic E-state index is 10.3. The van der Waals surface area contributed by atoms with Gasteiger partial charge >= 0.3 is 0 Å². The van der Waals surface area contributed by atoms with Gasteiger partial charge in [-0.2, -0.15) is 0 Å². The number of aliphatic hydroxyl groups is 7. The van der Waals surface area contributed by atoms with Gasteiger partial charge in [0.2, 0.25) is 0 Å². The van der Waals surface area contributed by atoms with Crippen LogP contribution in [0.3, 0.4) is 0 Å². The SMILES string of the molecule is OC/C=C/C#CC#C[C@H](O)[C@H](/C=C/CCCO)O[C@@H]1O[C@H](CO)[C@@H](O)[C@H](O)[C@H]1O. The summed E-state index contributed by atoms with van der Waals surface area (Å²) in [5.41, 5.74) is 0. The van der Waals surface area contributed by atoms with E-state index in [1.165, 1.54) is 18.2 Å². The molecule has 1 fully saturated rings. The molecule has 0 aliphatic carbocycles. The Morgan fingerprint density at radius 2 is 1.76 bits per heavy atom. The van der Waals surface area contributed by atoms with Crippen LogP contribution in [0.5, 0.6) is 0 Å². The molecule has 0 aromatic rings. The van der Waals surface area contributed by atoms with E-state index in [2.05, 4.69) is 23.7 Å². The van der Waals surface area contributed by atoms with Crippen LogP contribution >= 0.6 is 0 Å². The van der Waals surface area contributed by atoms with Crippen LogP contribution in [0.15, 0.2) is 24.3 Å². The van der Waals surface area contributed by atoms with Crippen LogP contribution in [-0.2, 0) is 9.47 Å². The smallest absolute Gasteiger partial charge is 0.187 e. The predicted octanol–water partition coefficient (Wildman–Crippen LogP) is -2.58. The third-order valence-electron chi connectivity index (χ3n) is 3.97. The fourth-order valence-electron chi connectivity index (χ4n) is 2.38. The first kappa shape index (κ1) is 25.3. The van der Waals surface area contributed by atoms with E-state index < -0.39 is 49.5 Å². The molecule has 0 bridgehead atoms. The molecule has 1 aliphatic heterocycles. The van der Waals surface area contributed by atoms with Gasteiger partial charge in [-0.25, -0.2) is 0 Å². The number of hydrogen-bond acceptors (Lipinski definition) is 9. The number of rotatable bonds is 9. The lowest BCUT2D eigenvalue weighted by Gasteiger charge is -2.40. The summed E-state index contributed by atoms with van der Waals surface area (Å²) in [6, 6.07) is 0. The van der Waals surface area contributed by atoms with Gasteiger partial charge in [0.15, 0.2) is 6.29 Å². The molecular formula is C20H28O9. The van der Waals surface area contributed by atoms with Crippen molar-refractivity contribution in [1.82, 2.24) is 0 Å². The molecule has 1 aliphatic rings. The Balaban J connectivity index is 2.90. The van der Waals surface area contributed by atoms with E-state index in [0.29, 0.717) is 12.8 Å². The molecule has 0 aromatic heterocycles. The third-order valence-corrected chi connectivity index (χ3v) is 3.97. The highest BCUT2D eigenvalue weighted by atomic mass is 16.7. The first-order valence-electron chi connectivity index (χ1n) is 9.14. The molecule has 0 saturated carbocycles. The molecule has 0 aromatic carbocycles. The van der Waals surface area contributed by atoms with E-state index >= 15 is 0 Å². The Bertz CT molecular complexity index is 638. The van der Waals surface area contributed by atoms with E-state index in [1.807, 2.05) is 0 Å². The lowest BCUT2D eigenvalue weighted by molar-refractivity contribution is -0.311. The molecule has 29 heavy (non-hydrogen) atoms. The second-order valence-corrected chi connectivity index (χ2v) is 6.16. The van der Waals surface area contributed by atoms with Gasteiger partial charge in [0, 0.05) is 6.61 Å². The van der Waals surface area contributed by atoms with Gasteiger partial charge in [-0.15, -0.1) is 0 Å². The summed E-state index contributed by atoms with van der Waals surface area (Å²) in [6.07, 6.45) is -2.88. The van der Waals surface area contributed by atoms with Gasteiger partial charge in [-0.05, 0) is 30.8 Å². The molecular weight excluding hydrogens is 384 g/mol. The second kappa shape index (κ2) is 14.3. The van der Waals surface area contributed by atoms with Gasteiger partial charge in [0.1, 0.15) is 36.6 Å². The van der Waals surface area contributed by atoms with Crippen molar-refractivity contribution in [3.63, 3.8) is 0 Å². The number of unbranched alkanes of at least 4 members (excludes halogenated alkanes) is 1. The van der Waals surface area contributed by atoms with E-state index in [-0.39, 0.29) is 13.2 Å². The summed E-state index contributed by atoms with van der Waals surface area (Å²) < 4.78 is 10.8. The van der Waals surface area contributed by atoms with Crippen LogP contribution < -0.4 is 0 Å². The average Bonchev–Trinajstić information content (AvgIpc) is 2.72. The Kier molecular flexibility index (Phi) is 12.4. The highest BCUT2D eigenvalue weighted by Gasteiger charge is 2.45. The largest absolute Gasteiger partial charge is 0.396 e. The molecule has 9 nitrogen and oxygen atoms in total. The van der Waals surface area contributed by atoms with Crippen molar-refractivity contribution in [3.8, 4) is 23.7 Å². The third kappa shape index (κ3) is 8.64. The summed E-state index contributed by atoms with van der Waals surface area (Å²) in [4.78, 5) is 0. The van der Waals surface area contributed by atoms with Crippen molar-refractivity contribution in [2.45, 2.75) is 55.8 Å². The summed E-state index contributed by atoms with van der Waals surface area (Å²) in [6.45, 7) is -0.776. The van der Waals surface area contributed by atoms with Gasteiger partial charge in [0.25, 0.3) is 0 Å². The highest BCUT2D eigenvalue weighted by Crippen LogP contribution is 2.23. The monoisotopic (exact) mass is 412 g/mol. The topological polar surface area (TPSA) is 160 Å². The van der Waals surface area contributed by atoms with E-state index in [4.69, 9.17) is 19.7 Å². The lowest BCUT2D eigenvalue weighted by Crippen LogP contribution is -2.60. The average molecular weight is 412 g/mol. The summed E-state index contributed by atoms with van der Waals surface area (Å²) in [5, 5.41) is 66.8. The highest BCUT2D eigenvalue weighted by molar-refractivity contribution is 5.32. The lowest BCUT2D eigenvalue weighted by atomic mass is 9.99. The van der Waals surface area contributed by atoms with Crippen molar-refractivity contribution in [1.29, 1.82) is 0 Å². The minimum absolute atomic E-state index is 0.0120. The van der Waals surface area contributed by atoms with Crippen LogP contribution in [0.25, 0.3) is 0 Å². The molecule has 9 heteroatoms. The van der Waals surface area contributed by atoms with E-state index in [9.17, 15) is 25.5 Å². The molecule has 0 radical (unpaired) electrons. The molecule has 7 atom stereocenters. The second-order valence-electron chi connectivity index (χ2n) is 6.16. The van der Waals surface area contributed by atoms with Crippen molar-refractivity contribution >= 4 is 0 Å². The fraction of sp³-hybridized carbons (Fsp3) is 0.600. The zero-order chi connectivity index (χ0) is 21.6. The first-order chi connectivity index (χ1) is 14.0.